The minimum Gasteiger partial charge on any atom is -0.353 e. The van der Waals surface area contributed by atoms with Crippen molar-refractivity contribution in [2.24, 2.45) is 0 Å². The van der Waals surface area contributed by atoms with Crippen LogP contribution in [-0.4, -0.2) is 25.2 Å². The zero-order valence-electron chi connectivity index (χ0n) is 18.9. The lowest BCUT2D eigenvalue weighted by Crippen LogP contribution is -2.28. The van der Waals surface area contributed by atoms with Gasteiger partial charge in [-0.15, -0.1) is 0 Å². The smallest absolute Gasteiger partial charge is 0.267 e. The van der Waals surface area contributed by atoms with E-state index in [9.17, 15) is 9.59 Å². The summed E-state index contributed by atoms with van der Waals surface area (Å²) in [5.41, 5.74) is 5.81. The van der Waals surface area contributed by atoms with Gasteiger partial charge < -0.3 is 4.98 Å². The molecular formula is C28H22N4O2. The van der Waals surface area contributed by atoms with Gasteiger partial charge in [0.05, 0.1) is 16.7 Å². The van der Waals surface area contributed by atoms with E-state index in [1.54, 1.807) is 4.57 Å². The lowest BCUT2D eigenvalue weighted by atomic mass is 10.1. The molecule has 0 spiro atoms. The van der Waals surface area contributed by atoms with Gasteiger partial charge in [-0.05, 0) is 38.1 Å². The van der Waals surface area contributed by atoms with Crippen LogP contribution in [0.25, 0.3) is 44.0 Å². The lowest BCUT2D eigenvalue weighted by molar-refractivity contribution is 0.0873. The van der Waals surface area contributed by atoms with E-state index in [4.69, 9.17) is 0 Å². The number of nitrogens with zero attached hydrogens (tertiary/aromatic N) is 3. The molecule has 0 saturated heterocycles. The van der Waals surface area contributed by atoms with Crippen LogP contribution in [0.4, 0.5) is 0 Å². The van der Waals surface area contributed by atoms with E-state index < -0.39 is 0 Å². The van der Waals surface area contributed by atoms with Crippen LogP contribution in [-0.2, 0) is 6.54 Å². The standard InChI is InChI=1S/C28H22N4O2/c1-17-12-13-23-22(14-17)27-26(29-23)20-10-6-7-11-21(20)28(34)31(27)16-25(33)32-18(2)15-24(30-32)19-8-4-3-5-9-19/h3-15,29H,16H2,1-2H3. The van der Waals surface area contributed by atoms with E-state index in [2.05, 4.69) is 16.1 Å². The van der Waals surface area contributed by atoms with Gasteiger partial charge in [0.1, 0.15) is 6.54 Å². The van der Waals surface area contributed by atoms with Gasteiger partial charge in [0.15, 0.2) is 0 Å². The lowest BCUT2D eigenvalue weighted by Gasteiger charge is -2.11. The number of fused-ring (bicyclic) bond motifs is 5. The van der Waals surface area contributed by atoms with Crippen LogP contribution in [0.5, 0.6) is 0 Å². The normalized spacial score (nSPS) is 11.6. The number of aryl methyl sites for hydroxylation is 2. The molecule has 0 atom stereocenters. The van der Waals surface area contributed by atoms with Crippen molar-refractivity contribution in [3.05, 3.63) is 100 Å². The quantitative estimate of drug-likeness (QED) is 0.393. The molecule has 0 unspecified atom stereocenters. The van der Waals surface area contributed by atoms with E-state index in [1.807, 2.05) is 86.6 Å². The molecule has 6 nitrogen and oxygen atoms in total. The van der Waals surface area contributed by atoms with Crippen molar-refractivity contribution in [1.29, 1.82) is 0 Å². The topological polar surface area (TPSA) is 72.7 Å². The van der Waals surface area contributed by atoms with Gasteiger partial charge in [0, 0.05) is 32.9 Å². The van der Waals surface area contributed by atoms with Crippen molar-refractivity contribution >= 4 is 38.6 Å². The van der Waals surface area contributed by atoms with E-state index in [0.717, 1.165) is 49.8 Å². The summed E-state index contributed by atoms with van der Waals surface area (Å²) < 4.78 is 2.98. The summed E-state index contributed by atoms with van der Waals surface area (Å²) in [5, 5.41) is 6.91. The van der Waals surface area contributed by atoms with Crippen LogP contribution in [0.3, 0.4) is 0 Å². The number of H-pyrrole nitrogens is 1. The molecule has 1 N–H and O–H groups in total. The number of aromatic nitrogens is 4. The fraction of sp³-hybridized carbons (Fsp3) is 0.107. The average Bonchev–Trinajstić information content (AvgIpc) is 3.43. The summed E-state index contributed by atoms with van der Waals surface area (Å²) in [7, 11) is 0. The van der Waals surface area contributed by atoms with E-state index in [-0.39, 0.29) is 18.0 Å². The van der Waals surface area contributed by atoms with Crippen molar-refractivity contribution in [2.45, 2.75) is 20.4 Å². The monoisotopic (exact) mass is 446 g/mol. The summed E-state index contributed by atoms with van der Waals surface area (Å²) in [4.78, 5) is 30.6. The number of hydrogen-bond acceptors (Lipinski definition) is 3. The number of carbonyl (C=O) groups is 1. The van der Waals surface area contributed by atoms with Crippen molar-refractivity contribution in [2.75, 3.05) is 0 Å². The number of nitrogens with one attached hydrogen (secondary N) is 1. The number of hydrogen-bond donors (Lipinski definition) is 1. The Kier molecular flexibility index (Phi) is 4.48. The Balaban J connectivity index is 1.55. The SMILES string of the molecule is Cc1ccc2[nH]c3c4ccccc4c(=O)n(CC(=O)n4nc(-c5ccccc5)cc4C)c3c2c1. The van der Waals surface area contributed by atoms with Crippen LogP contribution in [0.2, 0.25) is 0 Å². The fourth-order valence-electron chi connectivity index (χ4n) is 4.73. The van der Waals surface area contributed by atoms with Gasteiger partial charge in [-0.3, -0.25) is 14.2 Å². The van der Waals surface area contributed by atoms with Crippen LogP contribution in [0, 0.1) is 13.8 Å². The largest absolute Gasteiger partial charge is 0.353 e. The molecule has 0 saturated carbocycles. The minimum atomic E-state index is -0.264. The van der Waals surface area contributed by atoms with E-state index in [1.165, 1.54) is 4.68 Å². The van der Waals surface area contributed by atoms with Crippen molar-refractivity contribution in [3.63, 3.8) is 0 Å². The van der Waals surface area contributed by atoms with Gasteiger partial charge in [-0.2, -0.15) is 5.10 Å². The molecule has 3 heterocycles. The maximum Gasteiger partial charge on any atom is 0.267 e. The maximum absolute atomic E-state index is 13.6. The third kappa shape index (κ3) is 3.07. The first-order valence-corrected chi connectivity index (χ1v) is 11.2. The Morgan fingerprint density at radius 3 is 2.41 bits per heavy atom. The summed E-state index contributed by atoms with van der Waals surface area (Å²) in [5.74, 6) is -0.264. The van der Waals surface area contributed by atoms with Crippen molar-refractivity contribution < 1.29 is 4.79 Å². The third-order valence-electron chi connectivity index (χ3n) is 6.36. The molecule has 34 heavy (non-hydrogen) atoms. The first-order chi connectivity index (χ1) is 16.5. The molecule has 6 rings (SSSR count). The molecule has 0 aliphatic carbocycles. The van der Waals surface area contributed by atoms with Gasteiger partial charge in [-0.1, -0.05) is 60.2 Å². The number of benzene rings is 3. The Morgan fingerprint density at radius 1 is 0.882 bits per heavy atom. The highest BCUT2D eigenvalue weighted by molar-refractivity contribution is 6.15. The Hall–Kier alpha value is -4.45. The summed E-state index contributed by atoms with van der Waals surface area (Å²) >= 11 is 0. The highest BCUT2D eigenvalue weighted by Gasteiger charge is 2.20. The molecule has 6 heteroatoms. The molecule has 0 aliphatic heterocycles. The predicted octanol–water partition coefficient (Wildman–Crippen LogP) is 5.46. The van der Waals surface area contributed by atoms with Crippen LogP contribution < -0.4 is 5.56 Å². The van der Waals surface area contributed by atoms with Gasteiger partial charge >= 0.3 is 0 Å². The summed E-state index contributed by atoms with van der Waals surface area (Å²) in [6, 6.07) is 25.3. The molecule has 0 aliphatic rings. The highest BCUT2D eigenvalue weighted by atomic mass is 16.2. The number of aromatic amines is 1. The first kappa shape index (κ1) is 20.2. The Labute approximate surface area is 195 Å². The molecule has 0 radical (unpaired) electrons. The summed E-state index contributed by atoms with van der Waals surface area (Å²) in [6.07, 6.45) is 0. The fourth-order valence-corrected chi connectivity index (χ4v) is 4.73. The third-order valence-corrected chi connectivity index (χ3v) is 6.36. The van der Waals surface area contributed by atoms with Gasteiger partial charge in [-0.25, -0.2) is 4.68 Å². The zero-order chi connectivity index (χ0) is 23.4. The number of carbonyl (C=O) groups excluding carboxylic acids is 1. The van der Waals surface area contributed by atoms with Crippen molar-refractivity contribution in [3.8, 4) is 11.3 Å². The average molecular weight is 447 g/mol. The maximum atomic E-state index is 13.6. The van der Waals surface area contributed by atoms with E-state index in [0.29, 0.717) is 5.39 Å². The summed E-state index contributed by atoms with van der Waals surface area (Å²) in [6.45, 7) is 3.76. The molecule has 3 aromatic carbocycles. The van der Waals surface area contributed by atoms with Crippen LogP contribution in [0.1, 0.15) is 16.1 Å². The first-order valence-electron chi connectivity index (χ1n) is 11.2. The number of pyridine rings is 1. The Bertz CT molecular complexity index is 1790. The highest BCUT2D eigenvalue weighted by Crippen LogP contribution is 2.30. The zero-order valence-corrected chi connectivity index (χ0v) is 18.9. The van der Waals surface area contributed by atoms with Gasteiger partial charge in [0.2, 0.25) is 0 Å². The predicted molar refractivity (Wildman–Crippen MR) is 135 cm³/mol. The molecule has 0 fully saturated rings. The van der Waals surface area contributed by atoms with Crippen LogP contribution >= 0.6 is 0 Å². The second-order valence-corrected chi connectivity index (χ2v) is 8.68. The number of rotatable bonds is 3. The molecule has 0 amide bonds. The molecule has 0 bridgehead atoms. The van der Waals surface area contributed by atoms with Crippen molar-refractivity contribution in [1.82, 2.24) is 19.3 Å². The molecule has 6 aromatic rings. The molecule has 3 aromatic heterocycles. The van der Waals surface area contributed by atoms with Gasteiger partial charge in [0.25, 0.3) is 11.5 Å². The second kappa shape index (κ2) is 7.56. The molecule has 166 valence electrons. The van der Waals surface area contributed by atoms with E-state index >= 15 is 0 Å². The minimum absolute atomic E-state index is 0.113. The van der Waals surface area contributed by atoms with Crippen LogP contribution in [0.15, 0.2) is 83.7 Å². The second-order valence-electron chi connectivity index (χ2n) is 8.68. The Morgan fingerprint density at radius 2 is 1.62 bits per heavy atom. The molecular weight excluding hydrogens is 424 g/mol.